The lowest BCUT2D eigenvalue weighted by molar-refractivity contribution is -0.123. The third-order valence-corrected chi connectivity index (χ3v) is 4.74. The van der Waals surface area contributed by atoms with Crippen LogP contribution in [0.5, 0.6) is 0 Å². The van der Waals surface area contributed by atoms with E-state index in [1.807, 2.05) is 0 Å². The van der Waals surface area contributed by atoms with Crippen LogP contribution in [0.3, 0.4) is 0 Å². The maximum absolute atomic E-state index is 11.8. The molecule has 0 bridgehead atoms. The summed E-state index contributed by atoms with van der Waals surface area (Å²) in [5.41, 5.74) is 0.393. The molecule has 1 rings (SSSR count). The fourth-order valence-electron chi connectivity index (χ4n) is 2.49. The van der Waals surface area contributed by atoms with Gasteiger partial charge in [-0.3, -0.25) is 4.79 Å². The van der Waals surface area contributed by atoms with Crippen LogP contribution in [0.2, 0.25) is 0 Å². The average molecular weight is 304 g/mol. The molecule has 3 heteroatoms. The zero-order valence-corrected chi connectivity index (χ0v) is 13.0. The maximum Gasteiger partial charge on any atom is 0.220 e. The number of amides is 1. The fraction of sp³-hybridized carbons (Fsp3) is 0.929. The zero-order chi connectivity index (χ0) is 12.9. The molecule has 1 saturated carbocycles. The molecule has 0 unspecified atom stereocenters. The highest BCUT2D eigenvalue weighted by Crippen LogP contribution is 2.37. The first-order valence-corrected chi connectivity index (χ1v) is 7.82. The fourth-order valence-corrected chi connectivity index (χ4v) is 3.25. The third-order valence-electron chi connectivity index (χ3n) is 3.55. The van der Waals surface area contributed by atoms with Gasteiger partial charge in [0.1, 0.15) is 0 Å². The average Bonchev–Trinajstić information content (AvgIpc) is 2.25. The van der Waals surface area contributed by atoms with Crippen LogP contribution in [0.1, 0.15) is 59.3 Å². The minimum Gasteiger partial charge on any atom is -0.355 e. The molecular formula is C14H26BrNO. The van der Waals surface area contributed by atoms with Crippen molar-refractivity contribution in [3.63, 3.8) is 0 Å². The molecule has 1 fully saturated rings. The SMILES string of the molecule is CC(C)(C)CC(=O)NCC1(CBr)CCCCC1. The minimum absolute atomic E-state index is 0.0816. The number of rotatable bonds is 4. The van der Waals surface area contributed by atoms with E-state index in [1.54, 1.807) is 0 Å². The second kappa shape index (κ2) is 6.21. The van der Waals surface area contributed by atoms with Gasteiger partial charge in [0, 0.05) is 18.3 Å². The van der Waals surface area contributed by atoms with E-state index < -0.39 is 0 Å². The van der Waals surface area contributed by atoms with E-state index >= 15 is 0 Å². The maximum atomic E-state index is 11.8. The molecule has 1 N–H and O–H groups in total. The highest BCUT2D eigenvalue weighted by molar-refractivity contribution is 9.09. The Morgan fingerprint density at radius 1 is 1.24 bits per heavy atom. The van der Waals surface area contributed by atoms with E-state index in [4.69, 9.17) is 0 Å². The van der Waals surface area contributed by atoms with Crippen molar-refractivity contribution in [3.8, 4) is 0 Å². The van der Waals surface area contributed by atoms with Crippen molar-refractivity contribution in [2.45, 2.75) is 59.3 Å². The molecule has 0 heterocycles. The first-order valence-electron chi connectivity index (χ1n) is 6.70. The first-order chi connectivity index (χ1) is 7.87. The Kier molecular flexibility index (Phi) is 5.49. The summed E-state index contributed by atoms with van der Waals surface area (Å²) in [6, 6.07) is 0. The van der Waals surface area contributed by atoms with Gasteiger partial charge in [0.05, 0.1) is 0 Å². The van der Waals surface area contributed by atoms with Crippen molar-refractivity contribution in [1.29, 1.82) is 0 Å². The van der Waals surface area contributed by atoms with Crippen molar-refractivity contribution in [2.75, 3.05) is 11.9 Å². The van der Waals surface area contributed by atoms with Crippen LogP contribution in [-0.4, -0.2) is 17.8 Å². The number of hydrogen-bond donors (Lipinski definition) is 1. The highest BCUT2D eigenvalue weighted by atomic mass is 79.9. The smallest absolute Gasteiger partial charge is 0.220 e. The molecule has 0 aromatic heterocycles. The Labute approximate surface area is 114 Å². The molecule has 0 radical (unpaired) electrons. The van der Waals surface area contributed by atoms with Gasteiger partial charge in [-0.2, -0.15) is 0 Å². The van der Waals surface area contributed by atoms with Gasteiger partial charge in [-0.1, -0.05) is 56.0 Å². The molecule has 0 aliphatic heterocycles. The Morgan fingerprint density at radius 3 is 2.29 bits per heavy atom. The second-order valence-electron chi connectivity index (χ2n) is 6.71. The molecule has 1 aliphatic carbocycles. The third kappa shape index (κ3) is 5.41. The number of nitrogens with one attached hydrogen (secondary N) is 1. The molecular weight excluding hydrogens is 278 g/mol. The number of alkyl halides is 1. The van der Waals surface area contributed by atoms with Gasteiger partial charge in [0.2, 0.25) is 5.91 Å². The summed E-state index contributed by atoms with van der Waals surface area (Å²) < 4.78 is 0. The standard InChI is InChI=1S/C14H26BrNO/c1-13(2,3)9-12(17)16-11-14(10-15)7-5-4-6-8-14/h4-11H2,1-3H3,(H,16,17). The minimum atomic E-state index is 0.0816. The molecule has 1 amide bonds. The van der Waals surface area contributed by atoms with Gasteiger partial charge in [0.15, 0.2) is 0 Å². The zero-order valence-electron chi connectivity index (χ0n) is 11.4. The molecule has 2 nitrogen and oxygen atoms in total. The lowest BCUT2D eigenvalue weighted by Crippen LogP contribution is -2.41. The largest absolute Gasteiger partial charge is 0.355 e. The van der Waals surface area contributed by atoms with Gasteiger partial charge >= 0.3 is 0 Å². The molecule has 0 aromatic carbocycles. The van der Waals surface area contributed by atoms with Gasteiger partial charge in [-0.25, -0.2) is 0 Å². The second-order valence-corrected chi connectivity index (χ2v) is 7.27. The van der Waals surface area contributed by atoms with Crippen molar-refractivity contribution >= 4 is 21.8 Å². The lowest BCUT2D eigenvalue weighted by Gasteiger charge is -2.36. The van der Waals surface area contributed by atoms with Gasteiger partial charge in [-0.05, 0) is 23.7 Å². The number of halogens is 1. The highest BCUT2D eigenvalue weighted by Gasteiger charge is 2.31. The van der Waals surface area contributed by atoms with E-state index in [2.05, 4.69) is 42.0 Å². The van der Waals surface area contributed by atoms with E-state index in [0.29, 0.717) is 11.8 Å². The summed E-state index contributed by atoms with van der Waals surface area (Å²) in [4.78, 5) is 11.8. The Bertz CT molecular complexity index is 251. The molecule has 0 saturated heterocycles. The molecule has 0 aromatic rings. The van der Waals surface area contributed by atoms with Crippen LogP contribution in [0.4, 0.5) is 0 Å². The topological polar surface area (TPSA) is 29.1 Å². The molecule has 1 aliphatic rings. The van der Waals surface area contributed by atoms with Crippen LogP contribution in [0.25, 0.3) is 0 Å². The van der Waals surface area contributed by atoms with Gasteiger partial charge in [0.25, 0.3) is 0 Å². The Morgan fingerprint density at radius 2 is 1.82 bits per heavy atom. The van der Waals surface area contributed by atoms with Crippen molar-refractivity contribution in [3.05, 3.63) is 0 Å². The molecule has 17 heavy (non-hydrogen) atoms. The van der Waals surface area contributed by atoms with Gasteiger partial charge in [-0.15, -0.1) is 0 Å². The Balaban J connectivity index is 2.39. The quantitative estimate of drug-likeness (QED) is 0.785. The van der Waals surface area contributed by atoms with E-state index in [1.165, 1.54) is 32.1 Å². The van der Waals surface area contributed by atoms with Crippen LogP contribution in [-0.2, 0) is 4.79 Å². The molecule has 100 valence electrons. The number of hydrogen-bond acceptors (Lipinski definition) is 1. The summed E-state index contributed by atoms with van der Waals surface area (Å²) in [6.45, 7) is 7.15. The van der Waals surface area contributed by atoms with Crippen molar-refractivity contribution in [1.82, 2.24) is 5.32 Å². The van der Waals surface area contributed by atoms with E-state index in [0.717, 1.165) is 11.9 Å². The lowest BCUT2D eigenvalue weighted by atomic mass is 9.75. The monoisotopic (exact) mass is 303 g/mol. The normalized spacial score (nSPS) is 20.0. The van der Waals surface area contributed by atoms with Crippen molar-refractivity contribution < 1.29 is 4.79 Å². The van der Waals surface area contributed by atoms with E-state index in [9.17, 15) is 4.79 Å². The predicted octanol–water partition coefficient (Wildman–Crippen LogP) is 3.88. The molecule has 0 atom stereocenters. The summed E-state index contributed by atoms with van der Waals surface area (Å²) >= 11 is 3.63. The van der Waals surface area contributed by atoms with Gasteiger partial charge < -0.3 is 5.32 Å². The van der Waals surface area contributed by atoms with Crippen molar-refractivity contribution in [2.24, 2.45) is 10.8 Å². The number of carbonyl (C=O) groups excluding carboxylic acids is 1. The Hall–Kier alpha value is -0.0500. The summed E-state index contributed by atoms with van der Waals surface area (Å²) in [5.74, 6) is 0.198. The number of carbonyl (C=O) groups is 1. The van der Waals surface area contributed by atoms with Crippen LogP contribution in [0, 0.1) is 10.8 Å². The van der Waals surface area contributed by atoms with Crippen LogP contribution < -0.4 is 5.32 Å². The summed E-state index contributed by atoms with van der Waals surface area (Å²) in [7, 11) is 0. The van der Waals surface area contributed by atoms with Crippen LogP contribution >= 0.6 is 15.9 Å². The summed E-state index contributed by atoms with van der Waals surface area (Å²) in [5, 5.41) is 4.14. The molecule has 0 spiro atoms. The van der Waals surface area contributed by atoms with Crippen LogP contribution in [0.15, 0.2) is 0 Å². The van der Waals surface area contributed by atoms with E-state index in [-0.39, 0.29) is 11.3 Å². The predicted molar refractivity (Wildman–Crippen MR) is 76.4 cm³/mol. The summed E-state index contributed by atoms with van der Waals surface area (Å²) in [6.07, 6.45) is 7.07. The first kappa shape index (κ1) is 15.0.